The second-order valence-electron chi connectivity index (χ2n) is 13.5. The first kappa shape index (κ1) is 30.2. The third kappa shape index (κ3) is 5.96. The summed E-state index contributed by atoms with van der Waals surface area (Å²) in [4.78, 5) is 3.75. The summed E-state index contributed by atoms with van der Waals surface area (Å²) >= 11 is 0. The Morgan fingerprint density at radius 2 is 1.78 bits per heavy atom. The van der Waals surface area contributed by atoms with E-state index in [-0.39, 0.29) is 0 Å². The number of nitrogens with two attached hydrogens (primary N) is 2. The molecule has 4 saturated carbocycles. The van der Waals surface area contributed by atoms with Crippen molar-refractivity contribution < 1.29 is 0 Å². The van der Waals surface area contributed by atoms with Crippen molar-refractivity contribution in [1.82, 2.24) is 5.01 Å². The van der Waals surface area contributed by atoms with Gasteiger partial charge in [0.2, 0.25) is 0 Å². The number of fused-ring (bicyclic) bond motifs is 5. The Bertz CT molecular complexity index is 832. The lowest BCUT2D eigenvalue weighted by molar-refractivity contribution is -0.118. The molecule has 5 rings (SSSR count). The first-order valence-electron chi connectivity index (χ1n) is 15.3. The van der Waals surface area contributed by atoms with Crippen molar-refractivity contribution in [3.05, 3.63) is 37.2 Å². The molecule has 37 heavy (non-hydrogen) atoms. The highest BCUT2D eigenvalue weighted by Crippen LogP contribution is 2.71. The van der Waals surface area contributed by atoms with Gasteiger partial charge < -0.3 is 5.73 Å². The second kappa shape index (κ2) is 12.6. The molecular formula is C33H58N4. The van der Waals surface area contributed by atoms with Crippen LogP contribution in [0.1, 0.15) is 105 Å². The molecule has 0 radical (unpaired) electrons. The van der Waals surface area contributed by atoms with Crippen LogP contribution in [0.4, 0.5) is 0 Å². The molecule has 4 fully saturated rings. The van der Waals surface area contributed by atoms with Gasteiger partial charge in [0.25, 0.3) is 0 Å². The van der Waals surface area contributed by atoms with E-state index in [1.807, 2.05) is 5.01 Å². The van der Waals surface area contributed by atoms with Gasteiger partial charge >= 0.3 is 0 Å². The molecule has 0 aromatic rings. The molecule has 9 atom stereocenters. The maximum absolute atomic E-state index is 6.40. The fraction of sp³-hybridized carbons (Fsp3) is 0.788. The van der Waals surface area contributed by atoms with Crippen LogP contribution in [-0.4, -0.2) is 23.8 Å². The SMILES string of the molecule is C=C.C=C(CN(N)C(C)CC)C1CCC2(C)C3CCC4CC(C)CCC4C3CCC12C.NC1=CN=CC1. The molecule has 4 N–H and O–H groups in total. The Labute approximate surface area is 229 Å². The topological polar surface area (TPSA) is 67.6 Å². The Balaban J connectivity index is 0.000000412. The average molecular weight is 511 g/mol. The van der Waals surface area contributed by atoms with Crippen molar-refractivity contribution in [2.45, 2.75) is 111 Å². The third-order valence-corrected chi connectivity index (χ3v) is 11.8. The molecule has 5 aliphatic rings. The molecule has 0 aromatic carbocycles. The molecule has 210 valence electrons. The van der Waals surface area contributed by atoms with Crippen molar-refractivity contribution in [1.29, 1.82) is 0 Å². The zero-order valence-electron chi connectivity index (χ0n) is 24.9. The first-order chi connectivity index (χ1) is 17.6. The lowest BCUT2D eigenvalue weighted by atomic mass is 9.43. The van der Waals surface area contributed by atoms with Gasteiger partial charge in [0.1, 0.15) is 0 Å². The highest BCUT2D eigenvalue weighted by Gasteiger charge is 2.63. The number of hydrogen-bond acceptors (Lipinski definition) is 4. The van der Waals surface area contributed by atoms with Crippen molar-refractivity contribution in [3.8, 4) is 0 Å². The van der Waals surface area contributed by atoms with E-state index in [1.54, 1.807) is 12.4 Å². The third-order valence-electron chi connectivity index (χ3n) is 11.8. The van der Waals surface area contributed by atoms with Gasteiger partial charge in [-0.05, 0) is 111 Å². The minimum atomic E-state index is 0.427. The fourth-order valence-electron chi connectivity index (χ4n) is 9.26. The van der Waals surface area contributed by atoms with Crippen molar-refractivity contribution >= 4 is 6.21 Å². The van der Waals surface area contributed by atoms with Crippen molar-refractivity contribution in [2.24, 2.45) is 62.9 Å². The van der Waals surface area contributed by atoms with Gasteiger partial charge in [-0.25, -0.2) is 5.01 Å². The highest BCUT2D eigenvalue weighted by molar-refractivity contribution is 5.64. The number of aliphatic imine (C=N–C) groups is 1. The summed E-state index contributed by atoms with van der Waals surface area (Å²) in [5, 5.41) is 2.04. The molecule has 0 aromatic heterocycles. The van der Waals surface area contributed by atoms with Gasteiger partial charge in [0, 0.05) is 37.1 Å². The van der Waals surface area contributed by atoms with Crippen molar-refractivity contribution in [2.75, 3.05) is 6.54 Å². The molecule has 1 aliphatic heterocycles. The number of hydrogen-bond donors (Lipinski definition) is 2. The normalized spacial score (nSPS) is 40.7. The van der Waals surface area contributed by atoms with E-state index in [1.165, 1.54) is 63.4 Å². The number of hydrazine groups is 1. The molecule has 0 spiro atoms. The number of nitrogens with zero attached hydrogens (tertiary/aromatic N) is 2. The minimum Gasteiger partial charge on any atom is -0.401 e. The molecule has 0 amide bonds. The monoisotopic (exact) mass is 510 g/mol. The highest BCUT2D eigenvalue weighted by atomic mass is 15.4. The van der Waals surface area contributed by atoms with E-state index in [0.717, 1.165) is 54.7 Å². The van der Waals surface area contributed by atoms with Gasteiger partial charge in [-0.3, -0.25) is 10.8 Å². The lowest BCUT2D eigenvalue weighted by Gasteiger charge is -2.61. The minimum absolute atomic E-state index is 0.427. The molecule has 4 nitrogen and oxygen atoms in total. The summed E-state index contributed by atoms with van der Waals surface area (Å²) in [5.74, 6) is 12.1. The van der Waals surface area contributed by atoms with Gasteiger partial charge in [-0.1, -0.05) is 46.3 Å². The summed E-state index contributed by atoms with van der Waals surface area (Å²) in [7, 11) is 0. The number of rotatable bonds is 5. The van der Waals surface area contributed by atoms with Crippen LogP contribution >= 0.6 is 0 Å². The molecule has 0 bridgehead atoms. The molecule has 1 heterocycles. The summed E-state index contributed by atoms with van der Waals surface area (Å²) < 4.78 is 0. The Hall–Kier alpha value is -1.39. The zero-order valence-corrected chi connectivity index (χ0v) is 24.9. The number of allylic oxidation sites excluding steroid dienone is 1. The summed E-state index contributed by atoms with van der Waals surface area (Å²) in [6.07, 6.45) is 18.6. The molecular weight excluding hydrogens is 452 g/mol. The standard InChI is InChI=1S/C27H48N2.C4H6N2.C2H4/c1-7-20(4)29(28)17-19(3)24-13-15-27(6)25-11-9-21-16-18(2)8-10-22(21)23(25)12-14-26(24,27)5;5-4-1-2-6-3-4;1-2/h18,20-25H,3,7-17,28H2,1-2,4-6H3;2-3H,1,5H2;1-2H2. The Morgan fingerprint density at radius 3 is 2.38 bits per heavy atom. The lowest BCUT2D eigenvalue weighted by Crippen LogP contribution is -2.54. The quantitative estimate of drug-likeness (QED) is 0.224. The van der Waals surface area contributed by atoms with Gasteiger partial charge in [0.15, 0.2) is 0 Å². The average Bonchev–Trinajstić information content (AvgIpc) is 3.48. The van der Waals surface area contributed by atoms with Crippen LogP contribution in [0, 0.1) is 46.3 Å². The van der Waals surface area contributed by atoms with Crippen LogP contribution < -0.4 is 11.6 Å². The van der Waals surface area contributed by atoms with E-state index in [9.17, 15) is 0 Å². The largest absolute Gasteiger partial charge is 0.401 e. The van der Waals surface area contributed by atoms with Crippen molar-refractivity contribution in [3.63, 3.8) is 0 Å². The van der Waals surface area contributed by atoms with Gasteiger partial charge in [0.05, 0.1) is 0 Å². The van der Waals surface area contributed by atoms with E-state index in [0.29, 0.717) is 22.8 Å². The van der Waals surface area contributed by atoms with Crippen LogP contribution in [0.5, 0.6) is 0 Å². The summed E-state index contributed by atoms with van der Waals surface area (Å²) in [6.45, 7) is 23.8. The predicted octanol–water partition coefficient (Wildman–Crippen LogP) is 7.88. The maximum Gasteiger partial charge on any atom is 0.0455 e. The van der Waals surface area contributed by atoms with Crippen LogP contribution in [0.3, 0.4) is 0 Å². The van der Waals surface area contributed by atoms with Crippen LogP contribution in [-0.2, 0) is 0 Å². The Morgan fingerprint density at radius 1 is 1.08 bits per heavy atom. The zero-order chi connectivity index (χ0) is 27.4. The molecule has 4 aliphatic carbocycles. The van der Waals surface area contributed by atoms with E-state index in [4.69, 9.17) is 11.6 Å². The van der Waals surface area contributed by atoms with Gasteiger partial charge in [-0.15, -0.1) is 13.2 Å². The smallest absolute Gasteiger partial charge is 0.0455 e. The molecule has 9 unspecified atom stereocenters. The van der Waals surface area contributed by atoms with Gasteiger partial charge in [-0.2, -0.15) is 0 Å². The molecule has 0 saturated heterocycles. The first-order valence-corrected chi connectivity index (χ1v) is 15.3. The van der Waals surface area contributed by atoms with E-state index in [2.05, 4.69) is 59.3 Å². The molecule has 4 heteroatoms. The Kier molecular flexibility index (Phi) is 10.3. The fourth-order valence-corrected chi connectivity index (χ4v) is 9.26. The van der Waals surface area contributed by atoms with E-state index >= 15 is 0 Å². The predicted molar refractivity (Wildman–Crippen MR) is 161 cm³/mol. The summed E-state index contributed by atoms with van der Waals surface area (Å²) in [6, 6.07) is 0.437. The van der Waals surface area contributed by atoms with Crippen LogP contribution in [0.2, 0.25) is 0 Å². The van der Waals surface area contributed by atoms with Crippen LogP contribution in [0.15, 0.2) is 42.2 Å². The van der Waals surface area contributed by atoms with Crippen LogP contribution in [0.25, 0.3) is 0 Å². The second-order valence-corrected chi connectivity index (χ2v) is 13.5. The summed E-state index contributed by atoms with van der Waals surface area (Å²) in [5.41, 5.74) is 8.48. The van der Waals surface area contributed by atoms with E-state index < -0.39 is 0 Å². The maximum atomic E-state index is 6.40.